The molecule has 0 aliphatic heterocycles. The van der Waals surface area contributed by atoms with Crippen molar-refractivity contribution in [1.82, 2.24) is 4.98 Å². The van der Waals surface area contributed by atoms with Crippen LogP contribution in [-0.2, 0) is 0 Å². The minimum absolute atomic E-state index is 0.0596. The van der Waals surface area contributed by atoms with E-state index in [4.69, 9.17) is 20.5 Å². The smallest absolute Gasteiger partial charge is 0.481 e. The summed E-state index contributed by atoms with van der Waals surface area (Å²) in [6, 6.07) is 2.96. The van der Waals surface area contributed by atoms with Crippen molar-refractivity contribution in [2.75, 3.05) is 12.8 Å². The molecule has 1 aromatic heterocycles. The summed E-state index contributed by atoms with van der Waals surface area (Å²) < 4.78 is 4.78. The number of aromatic nitrogens is 1. The Morgan fingerprint density at radius 2 is 2.17 bits per heavy atom. The molecule has 1 aromatic rings. The third kappa shape index (κ3) is 1.66. The van der Waals surface area contributed by atoms with E-state index in [0.717, 1.165) is 0 Å². The molecule has 0 aromatic carbocycles. The van der Waals surface area contributed by atoms with Crippen LogP contribution in [0.4, 0.5) is 5.82 Å². The highest BCUT2D eigenvalue weighted by Crippen LogP contribution is 2.05. The molecule has 0 amide bonds. The quantitative estimate of drug-likeness (QED) is 0.460. The van der Waals surface area contributed by atoms with E-state index in [1.54, 1.807) is 0 Å². The summed E-state index contributed by atoms with van der Waals surface area (Å²) in [4.78, 5) is 3.75. The van der Waals surface area contributed by atoms with Gasteiger partial charge >= 0.3 is 7.12 Å². The molecule has 0 aliphatic carbocycles. The number of nitrogen functional groups attached to an aromatic ring is 1. The van der Waals surface area contributed by atoms with Gasteiger partial charge in [0.1, 0.15) is 5.82 Å². The molecular weight excluding hydrogens is 159 g/mol. The predicted octanol–water partition coefficient (Wildman–Crippen LogP) is -1.65. The molecule has 6 heteroatoms. The minimum Gasteiger partial charge on any atom is -0.481 e. The zero-order valence-electron chi connectivity index (χ0n) is 6.56. The lowest BCUT2D eigenvalue weighted by molar-refractivity contribution is 0.398. The molecule has 0 saturated carbocycles. The maximum atomic E-state index is 8.76. The Morgan fingerprint density at radius 1 is 1.50 bits per heavy atom. The van der Waals surface area contributed by atoms with Crippen LogP contribution in [0.5, 0.6) is 5.88 Å². The largest absolute Gasteiger partial charge is 0.492 e. The molecule has 1 rings (SSSR count). The number of anilines is 1. The Bertz CT molecular complexity index is 279. The van der Waals surface area contributed by atoms with E-state index < -0.39 is 7.12 Å². The molecule has 5 nitrogen and oxygen atoms in total. The Kier molecular flexibility index (Phi) is 2.52. The highest BCUT2D eigenvalue weighted by atomic mass is 16.5. The van der Waals surface area contributed by atoms with E-state index in [1.807, 2.05) is 0 Å². The highest BCUT2D eigenvalue weighted by molar-refractivity contribution is 6.60. The lowest BCUT2D eigenvalue weighted by Crippen LogP contribution is -2.32. The SMILES string of the molecule is COc1ccc(B(O)O)c(N)n1. The van der Waals surface area contributed by atoms with Gasteiger partial charge in [-0.25, -0.2) is 0 Å². The molecule has 0 radical (unpaired) electrons. The molecule has 0 aliphatic rings. The molecule has 0 atom stereocenters. The molecule has 0 bridgehead atoms. The molecule has 1 heterocycles. The summed E-state index contributed by atoms with van der Waals surface area (Å²) in [7, 11) is -0.139. The molecule has 4 N–H and O–H groups in total. The van der Waals surface area contributed by atoms with Gasteiger partial charge in [-0.1, -0.05) is 6.07 Å². The lowest BCUT2D eigenvalue weighted by Gasteiger charge is -2.04. The van der Waals surface area contributed by atoms with Crippen LogP contribution >= 0.6 is 0 Å². The summed E-state index contributed by atoms with van der Waals surface area (Å²) in [6.45, 7) is 0. The lowest BCUT2D eigenvalue weighted by atomic mass is 9.81. The number of nitrogens with zero attached hydrogens (tertiary/aromatic N) is 1. The summed E-state index contributed by atoms with van der Waals surface area (Å²) >= 11 is 0. The van der Waals surface area contributed by atoms with Crippen molar-refractivity contribution in [2.45, 2.75) is 0 Å². The van der Waals surface area contributed by atoms with Crippen molar-refractivity contribution in [3.05, 3.63) is 12.1 Å². The molecule has 0 spiro atoms. The number of rotatable bonds is 2. The van der Waals surface area contributed by atoms with Gasteiger partial charge in [0, 0.05) is 11.5 Å². The molecule has 64 valence electrons. The van der Waals surface area contributed by atoms with E-state index in [0.29, 0.717) is 5.88 Å². The topological polar surface area (TPSA) is 88.6 Å². The van der Waals surface area contributed by atoms with Crippen LogP contribution in [0.15, 0.2) is 12.1 Å². The third-order valence-electron chi connectivity index (χ3n) is 1.42. The first-order chi connectivity index (χ1) is 5.65. The van der Waals surface area contributed by atoms with Gasteiger partial charge in [0.25, 0.3) is 0 Å². The van der Waals surface area contributed by atoms with Crippen LogP contribution in [0.3, 0.4) is 0 Å². The van der Waals surface area contributed by atoms with E-state index in [9.17, 15) is 0 Å². The fourth-order valence-corrected chi connectivity index (χ4v) is 0.799. The Balaban J connectivity index is 3.03. The second-order valence-corrected chi connectivity index (χ2v) is 2.20. The van der Waals surface area contributed by atoms with Crippen molar-refractivity contribution < 1.29 is 14.8 Å². The molecule has 0 saturated heterocycles. The molecule has 12 heavy (non-hydrogen) atoms. The highest BCUT2D eigenvalue weighted by Gasteiger charge is 2.15. The van der Waals surface area contributed by atoms with Gasteiger partial charge in [-0.3, -0.25) is 0 Å². The zero-order chi connectivity index (χ0) is 9.14. The number of nitrogens with two attached hydrogens (primary N) is 1. The maximum absolute atomic E-state index is 8.76. The van der Waals surface area contributed by atoms with Gasteiger partial charge in [0.05, 0.1) is 7.11 Å². The number of hydrogen-bond acceptors (Lipinski definition) is 5. The third-order valence-corrected chi connectivity index (χ3v) is 1.42. The van der Waals surface area contributed by atoms with Crippen molar-refractivity contribution in [3.63, 3.8) is 0 Å². The molecular formula is C6H9BN2O3. The van der Waals surface area contributed by atoms with Gasteiger partial charge in [-0.05, 0) is 0 Å². The monoisotopic (exact) mass is 168 g/mol. The first kappa shape index (κ1) is 8.83. The first-order valence-electron chi connectivity index (χ1n) is 3.31. The Morgan fingerprint density at radius 3 is 2.58 bits per heavy atom. The van der Waals surface area contributed by atoms with Crippen LogP contribution in [0.2, 0.25) is 0 Å². The van der Waals surface area contributed by atoms with Crippen LogP contribution in [0, 0.1) is 0 Å². The van der Waals surface area contributed by atoms with Crippen LogP contribution in [0.25, 0.3) is 0 Å². The standard InChI is InChI=1S/C6H9BN2O3/c1-12-5-3-2-4(7(10)11)6(8)9-5/h2-3,10-11H,1H3,(H2,8,9). The number of hydrogen-bond donors (Lipinski definition) is 3. The van der Waals surface area contributed by atoms with Crippen LogP contribution < -0.4 is 15.9 Å². The van der Waals surface area contributed by atoms with E-state index in [-0.39, 0.29) is 11.3 Å². The van der Waals surface area contributed by atoms with E-state index in [2.05, 4.69) is 4.98 Å². The van der Waals surface area contributed by atoms with Gasteiger partial charge in [-0.15, -0.1) is 0 Å². The number of methoxy groups -OCH3 is 1. The summed E-state index contributed by atoms with van der Waals surface area (Å²) in [6.07, 6.45) is 0. The van der Waals surface area contributed by atoms with Gasteiger partial charge < -0.3 is 20.5 Å². The second-order valence-electron chi connectivity index (χ2n) is 2.20. The number of pyridine rings is 1. The van der Waals surface area contributed by atoms with Crippen LogP contribution in [0.1, 0.15) is 0 Å². The van der Waals surface area contributed by atoms with Crippen molar-refractivity contribution in [3.8, 4) is 5.88 Å². The van der Waals surface area contributed by atoms with Gasteiger partial charge in [-0.2, -0.15) is 4.98 Å². The number of ether oxygens (including phenoxy) is 1. The van der Waals surface area contributed by atoms with Gasteiger partial charge in [0.2, 0.25) is 5.88 Å². The molecule has 0 fully saturated rings. The van der Waals surface area contributed by atoms with E-state index in [1.165, 1.54) is 19.2 Å². The summed E-state index contributed by atoms with van der Waals surface area (Å²) in [5, 5.41) is 17.5. The van der Waals surface area contributed by atoms with E-state index >= 15 is 0 Å². The summed E-state index contributed by atoms with van der Waals surface area (Å²) in [5.41, 5.74) is 5.56. The second kappa shape index (κ2) is 3.42. The summed E-state index contributed by atoms with van der Waals surface area (Å²) in [5.74, 6) is 0.404. The fraction of sp³-hybridized carbons (Fsp3) is 0.167. The first-order valence-corrected chi connectivity index (χ1v) is 3.31. The minimum atomic E-state index is -1.59. The Hall–Kier alpha value is -1.27. The van der Waals surface area contributed by atoms with Crippen molar-refractivity contribution in [2.24, 2.45) is 0 Å². The van der Waals surface area contributed by atoms with Gasteiger partial charge in [0.15, 0.2) is 0 Å². The van der Waals surface area contributed by atoms with Crippen molar-refractivity contribution >= 4 is 18.4 Å². The van der Waals surface area contributed by atoms with Crippen molar-refractivity contribution in [1.29, 1.82) is 0 Å². The predicted molar refractivity (Wildman–Crippen MR) is 45.0 cm³/mol. The Labute approximate surface area is 70.0 Å². The maximum Gasteiger partial charge on any atom is 0.492 e. The van der Waals surface area contributed by atoms with Crippen LogP contribution in [-0.4, -0.2) is 29.3 Å². The average molecular weight is 168 g/mol. The zero-order valence-corrected chi connectivity index (χ0v) is 6.56. The normalized spacial score (nSPS) is 9.58. The fourth-order valence-electron chi connectivity index (χ4n) is 0.799. The molecule has 0 unspecified atom stereocenters. The average Bonchev–Trinajstić information content (AvgIpc) is 2.03.